The number of hydrogen-bond acceptors (Lipinski definition) is 5. The van der Waals surface area contributed by atoms with Gasteiger partial charge in [-0.2, -0.15) is 0 Å². The number of piperidine rings is 1. The molecule has 122 valence electrons. The molecule has 1 aromatic heterocycles. The molecule has 0 atom stereocenters. The number of carbonyl (C=O) groups excluding carboxylic acids is 1. The topological polar surface area (TPSA) is 75.9 Å². The number of rotatable bonds is 6. The third-order valence-electron chi connectivity index (χ3n) is 4.24. The Labute approximate surface area is 135 Å². The highest BCUT2D eigenvalue weighted by atomic mass is 16.2. The van der Waals surface area contributed by atoms with Gasteiger partial charge < -0.3 is 5.32 Å². The second kappa shape index (κ2) is 7.82. The average Bonchev–Trinajstić information content (AvgIpc) is 3.08. The van der Waals surface area contributed by atoms with Crippen LogP contribution in [-0.2, 0) is 17.9 Å². The van der Waals surface area contributed by atoms with Gasteiger partial charge in [0.25, 0.3) is 0 Å². The summed E-state index contributed by atoms with van der Waals surface area (Å²) in [5.41, 5.74) is 1.36. The minimum absolute atomic E-state index is 0.0379. The summed E-state index contributed by atoms with van der Waals surface area (Å²) in [7, 11) is 0. The Morgan fingerprint density at radius 3 is 2.70 bits per heavy atom. The predicted octanol–water partition coefficient (Wildman–Crippen LogP) is 0.702. The van der Waals surface area contributed by atoms with Crippen LogP contribution in [0, 0.1) is 5.92 Å². The maximum Gasteiger partial charge on any atom is 0.241 e. The zero-order chi connectivity index (χ0) is 15.9. The predicted molar refractivity (Wildman–Crippen MR) is 85.3 cm³/mol. The lowest BCUT2D eigenvalue weighted by Gasteiger charge is -2.32. The number of amides is 1. The molecule has 1 fully saturated rings. The number of likely N-dealkylation sites (tertiary alicyclic amines) is 1. The Kier molecular flexibility index (Phi) is 5.31. The molecule has 3 rings (SSSR count). The SMILES string of the molecule is O=C(Cn1cnnn1)NCC1CCN(Cc2ccccc2)CC1. The summed E-state index contributed by atoms with van der Waals surface area (Å²) in [6.45, 7) is 4.10. The van der Waals surface area contributed by atoms with Crippen LogP contribution in [-0.4, -0.2) is 50.6 Å². The third kappa shape index (κ3) is 4.85. The standard InChI is InChI=1S/C16H22N6O/c23-16(12-22-13-18-19-20-22)17-10-14-6-8-21(9-7-14)11-15-4-2-1-3-5-15/h1-5,13-14H,6-12H2,(H,17,23). The minimum atomic E-state index is -0.0379. The maximum absolute atomic E-state index is 11.8. The monoisotopic (exact) mass is 314 g/mol. The van der Waals surface area contributed by atoms with E-state index >= 15 is 0 Å². The second-order valence-electron chi connectivity index (χ2n) is 6.02. The summed E-state index contributed by atoms with van der Waals surface area (Å²) in [6, 6.07) is 10.6. The van der Waals surface area contributed by atoms with Gasteiger partial charge in [-0.1, -0.05) is 30.3 Å². The Hall–Kier alpha value is -2.28. The van der Waals surface area contributed by atoms with Gasteiger partial charge in [0.2, 0.25) is 5.91 Å². The summed E-state index contributed by atoms with van der Waals surface area (Å²) in [6.07, 6.45) is 3.69. The molecule has 2 heterocycles. The van der Waals surface area contributed by atoms with Crippen molar-refractivity contribution < 1.29 is 4.79 Å². The van der Waals surface area contributed by atoms with Crippen LogP contribution in [0.3, 0.4) is 0 Å². The first-order chi connectivity index (χ1) is 11.3. The molecular weight excluding hydrogens is 292 g/mol. The smallest absolute Gasteiger partial charge is 0.241 e. The summed E-state index contributed by atoms with van der Waals surface area (Å²) in [5, 5.41) is 13.7. The van der Waals surface area contributed by atoms with Gasteiger partial charge in [0.15, 0.2) is 0 Å². The van der Waals surface area contributed by atoms with Crippen LogP contribution in [0.15, 0.2) is 36.7 Å². The lowest BCUT2D eigenvalue weighted by molar-refractivity contribution is -0.122. The Morgan fingerprint density at radius 2 is 2.00 bits per heavy atom. The van der Waals surface area contributed by atoms with Crippen molar-refractivity contribution in [2.24, 2.45) is 5.92 Å². The van der Waals surface area contributed by atoms with E-state index in [4.69, 9.17) is 0 Å². The van der Waals surface area contributed by atoms with Gasteiger partial charge in [0, 0.05) is 13.1 Å². The fourth-order valence-electron chi connectivity index (χ4n) is 2.90. The number of benzene rings is 1. The van der Waals surface area contributed by atoms with Crippen molar-refractivity contribution in [3.05, 3.63) is 42.2 Å². The van der Waals surface area contributed by atoms with E-state index in [1.165, 1.54) is 16.6 Å². The van der Waals surface area contributed by atoms with Crippen LogP contribution in [0.1, 0.15) is 18.4 Å². The van der Waals surface area contributed by atoms with Gasteiger partial charge >= 0.3 is 0 Å². The second-order valence-corrected chi connectivity index (χ2v) is 6.02. The molecule has 7 nitrogen and oxygen atoms in total. The Bertz CT molecular complexity index is 592. The molecular formula is C16H22N6O. The van der Waals surface area contributed by atoms with Crippen LogP contribution >= 0.6 is 0 Å². The highest BCUT2D eigenvalue weighted by Crippen LogP contribution is 2.18. The highest BCUT2D eigenvalue weighted by molar-refractivity contribution is 5.75. The first kappa shape index (κ1) is 15.6. The zero-order valence-corrected chi connectivity index (χ0v) is 13.1. The molecule has 1 aliphatic heterocycles. The van der Waals surface area contributed by atoms with E-state index in [2.05, 4.69) is 50.0 Å². The number of nitrogens with zero attached hydrogens (tertiary/aromatic N) is 5. The van der Waals surface area contributed by atoms with E-state index in [9.17, 15) is 4.79 Å². The van der Waals surface area contributed by atoms with E-state index in [1.54, 1.807) is 0 Å². The molecule has 1 aliphatic rings. The fourth-order valence-corrected chi connectivity index (χ4v) is 2.90. The normalized spacial score (nSPS) is 16.3. The molecule has 0 saturated carbocycles. The van der Waals surface area contributed by atoms with Crippen LogP contribution in [0.4, 0.5) is 0 Å². The van der Waals surface area contributed by atoms with Gasteiger partial charge in [-0.25, -0.2) is 4.68 Å². The summed E-state index contributed by atoms with van der Waals surface area (Å²) < 4.78 is 1.43. The quantitative estimate of drug-likeness (QED) is 0.849. The third-order valence-corrected chi connectivity index (χ3v) is 4.24. The molecule has 1 N–H and O–H groups in total. The summed E-state index contributed by atoms with van der Waals surface area (Å²) in [4.78, 5) is 14.3. The van der Waals surface area contributed by atoms with Crippen molar-refractivity contribution >= 4 is 5.91 Å². The van der Waals surface area contributed by atoms with E-state index in [1.807, 2.05) is 6.07 Å². The van der Waals surface area contributed by atoms with Crippen molar-refractivity contribution in [3.8, 4) is 0 Å². The van der Waals surface area contributed by atoms with Gasteiger partial charge in [-0.15, -0.1) is 5.10 Å². The van der Waals surface area contributed by atoms with Gasteiger partial charge in [-0.3, -0.25) is 9.69 Å². The molecule has 23 heavy (non-hydrogen) atoms. The van der Waals surface area contributed by atoms with E-state index < -0.39 is 0 Å². The minimum Gasteiger partial charge on any atom is -0.354 e. The lowest BCUT2D eigenvalue weighted by atomic mass is 9.96. The molecule has 0 unspecified atom stereocenters. The molecule has 1 aromatic carbocycles. The van der Waals surface area contributed by atoms with Crippen molar-refractivity contribution in [2.75, 3.05) is 19.6 Å². The number of aromatic nitrogens is 4. The lowest BCUT2D eigenvalue weighted by Crippen LogP contribution is -2.39. The molecule has 1 saturated heterocycles. The van der Waals surface area contributed by atoms with Crippen LogP contribution in [0.2, 0.25) is 0 Å². The van der Waals surface area contributed by atoms with Crippen molar-refractivity contribution in [2.45, 2.75) is 25.9 Å². The van der Waals surface area contributed by atoms with E-state index in [0.29, 0.717) is 5.92 Å². The zero-order valence-electron chi connectivity index (χ0n) is 13.1. The molecule has 0 spiro atoms. The molecule has 0 bridgehead atoms. The average molecular weight is 314 g/mol. The number of carbonyl (C=O) groups is 1. The number of hydrogen-bond donors (Lipinski definition) is 1. The largest absolute Gasteiger partial charge is 0.354 e. The maximum atomic E-state index is 11.8. The van der Waals surface area contributed by atoms with Crippen LogP contribution in [0.25, 0.3) is 0 Å². The van der Waals surface area contributed by atoms with E-state index in [-0.39, 0.29) is 12.5 Å². The number of tetrazole rings is 1. The molecule has 1 amide bonds. The Balaban J connectivity index is 1.35. The van der Waals surface area contributed by atoms with Crippen molar-refractivity contribution in [3.63, 3.8) is 0 Å². The first-order valence-electron chi connectivity index (χ1n) is 8.03. The molecule has 2 aromatic rings. The fraction of sp³-hybridized carbons (Fsp3) is 0.500. The molecule has 7 heteroatoms. The van der Waals surface area contributed by atoms with Crippen LogP contribution < -0.4 is 5.32 Å². The van der Waals surface area contributed by atoms with E-state index in [0.717, 1.165) is 39.0 Å². The van der Waals surface area contributed by atoms with Crippen molar-refractivity contribution in [1.29, 1.82) is 0 Å². The first-order valence-corrected chi connectivity index (χ1v) is 8.03. The molecule has 0 radical (unpaired) electrons. The number of nitrogens with one attached hydrogen (secondary N) is 1. The van der Waals surface area contributed by atoms with Crippen molar-refractivity contribution in [1.82, 2.24) is 30.4 Å². The van der Waals surface area contributed by atoms with Gasteiger partial charge in [0.05, 0.1) is 0 Å². The highest BCUT2D eigenvalue weighted by Gasteiger charge is 2.19. The molecule has 0 aliphatic carbocycles. The van der Waals surface area contributed by atoms with Crippen LogP contribution in [0.5, 0.6) is 0 Å². The Morgan fingerprint density at radius 1 is 1.22 bits per heavy atom. The van der Waals surface area contributed by atoms with Gasteiger partial charge in [0.1, 0.15) is 12.9 Å². The summed E-state index contributed by atoms with van der Waals surface area (Å²) >= 11 is 0. The summed E-state index contributed by atoms with van der Waals surface area (Å²) in [5.74, 6) is 0.517. The van der Waals surface area contributed by atoms with Gasteiger partial charge in [-0.05, 0) is 47.8 Å².